The minimum atomic E-state index is -1.04. The molecule has 29 heavy (non-hydrogen) atoms. The molecule has 154 valence electrons. The van der Waals surface area contributed by atoms with Crippen molar-refractivity contribution >= 4 is 11.9 Å². The Morgan fingerprint density at radius 2 is 1.90 bits per heavy atom. The Morgan fingerprint density at radius 1 is 1.10 bits per heavy atom. The fraction of sp³-hybridized carbons (Fsp3) is 0.333. The van der Waals surface area contributed by atoms with Crippen molar-refractivity contribution in [1.82, 2.24) is 4.90 Å². The third kappa shape index (κ3) is 4.47. The molecule has 1 amide bonds. The van der Waals surface area contributed by atoms with Gasteiger partial charge < -0.3 is 19.1 Å². The van der Waals surface area contributed by atoms with Crippen molar-refractivity contribution in [2.45, 2.75) is 18.9 Å². The number of ether oxygens (including phenoxy) is 3. The van der Waals surface area contributed by atoms with Gasteiger partial charge in [-0.1, -0.05) is 0 Å². The highest BCUT2D eigenvalue weighted by molar-refractivity contribution is 5.91. The number of halogens is 2. The molecule has 0 saturated carbocycles. The molecule has 1 atom stereocenters. The lowest BCUT2D eigenvalue weighted by Gasteiger charge is -2.26. The van der Waals surface area contributed by atoms with Gasteiger partial charge in [0.2, 0.25) is 0 Å². The fourth-order valence-corrected chi connectivity index (χ4v) is 3.43. The summed E-state index contributed by atoms with van der Waals surface area (Å²) in [6, 6.07) is 7.62. The number of methoxy groups -OCH3 is 2. The van der Waals surface area contributed by atoms with Crippen molar-refractivity contribution in [2.24, 2.45) is 0 Å². The van der Waals surface area contributed by atoms with Gasteiger partial charge in [-0.2, -0.15) is 0 Å². The van der Waals surface area contributed by atoms with Gasteiger partial charge in [-0.25, -0.2) is 13.6 Å². The van der Waals surface area contributed by atoms with Gasteiger partial charge in [-0.15, -0.1) is 0 Å². The molecular weight excluding hydrogens is 384 g/mol. The van der Waals surface area contributed by atoms with Crippen LogP contribution in [0.1, 0.15) is 34.8 Å². The Balaban J connectivity index is 1.71. The Kier molecular flexibility index (Phi) is 6.31. The van der Waals surface area contributed by atoms with E-state index in [1.54, 1.807) is 31.3 Å². The number of hydrogen-bond acceptors (Lipinski definition) is 5. The first kappa shape index (κ1) is 20.6. The second-order valence-electron chi connectivity index (χ2n) is 6.55. The van der Waals surface area contributed by atoms with Crippen LogP contribution in [0.4, 0.5) is 8.78 Å². The number of likely N-dealkylation sites (tertiary alicyclic amines) is 1. The van der Waals surface area contributed by atoms with Crippen molar-refractivity contribution < 1.29 is 32.6 Å². The predicted octanol–water partition coefficient (Wildman–Crippen LogP) is 3.50. The molecule has 1 heterocycles. The topological polar surface area (TPSA) is 65.1 Å². The van der Waals surface area contributed by atoms with E-state index >= 15 is 0 Å². The lowest BCUT2D eigenvalue weighted by Crippen LogP contribution is -2.34. The summed E-state index contributed by atoms with van der Waals surface area (Å²) in [6.07, 6.45) is 1.49. The molecule has 2 aromatic rings. The van der Waals surface area contributed by atoms with E-state index in [0.717, 1.165) is 30.5 Å². The van der Waals surface area contributed by atoms with Crippen LogP contribution in [-0.4, -0.2) is 44.1 Å². The van der Waals surface area contributed by atoms with Crippen LogP contribution in [0.5, 0.6) is 11.5 Å². The van der Waals surface area contributed by atoms with Crippen molar-refractivity contribution in [2.75, 3.05) is 27.4 Å². The molecular formula is C21H21F2NO5. The highest BCUT2D eigenvalue weighted by atomic mass is 19.1. The summed E-state index contributed by atoms with van der Waals surface area (Å²) < 4.78 is 42.3. The summed E-state index contributed by atoms with van der Waals surface area (Å²) in [4.78, 5) is 26.3. The summed E-state index contributed by atoms with van der Waals surface area (Å²) in [6.45, 7) is -0.0508. The lowest BCUT2D eigenvalue weighted by molar-refractivity contribution is -0.135. The zero-order valence-electron chi connectivity index (χ0n) is 16.1. The van der Waals surface area contributed by atoms with Crippen LogP contribution in [0, 0.1) is 11.6 Å². The fourth-order valence-electron chi connectivity index (χ4n) is 3.43. The Morgan fingerprint density at radius 3 is 2.59 bits per heavy atom. The number of rotatable bonds is 6. The SMILES string of the molecule is COc1ccc(OC)c([C@@H]2CCCN2C(=O)COC(=O)c2ccc(F)cc2F)c1. The second-order valence-corrected chi connectivity index (χ2v) is 6.55. The third-order valence-corrected chi connectivity index (χ3v) is 4.85. The minimum absolute atomic E-state index is 0.256. The maximum atomic E-state index is 13.7. The number of amides is 1. The van der Waals surface area contributed by atoms with Crippen LogP contribution in [0.25, 0.3) is 0 Å². The van der Waals surface area contributed by atoms with Crippen LogP contribution >= 0.6 is 0 Å². The molecule has 1 fully saturated rings. The summed E-state index contributed by atoms with van der Waals surface area (Å²) in [5.41, 5.74) is 0.375. The summed E-state index contributed by atoms with van der Waals surface area (Å²) >= 11 is 0. The first-order chi connectivity index (χ1) is 13.9. The Bertz CT molecular complexity index is 918. The Hall–Kier alpha value is -3.16. The molecule has 0 aromatic heterocycles. The van der Waals surface area contributed by atoms with Crippen LogP contribution in [0.3, 0.4) is 0 Å². The van der Waals surface area contributed by atoms with E-state index in [4.69, 9.17) is 14.2 Å². The maximum Gasteiger partial charge on any atom is 0.341 e. The zero-order valence-corrected chi connectivity index (χ0v) is 16.1. The highest BCUT2D eigenvalue weighted by Crippen LogP contribution is 2.38. The first-order valence-corrected chi connectivity index (χ1v) is 9.08. The van der Waals surface area contributed by atoms with E-state index in [1.807, 2.05) is 6.07 Å². The molecule has 6 nitrogen and oxygen atoms in total. The number of carbonyl (C=O) groups is 2. The van der Waals surface area contributed by atoms with Gasteiger partial charge in [0, 0.05) is 18.2 Å². The van der Waals surface area contributed by atoms with Crippen LogP contribution in [0.15, 0.2) is 36.4 Å². The van der Waals surface area contributed by atoms with Gasteiger partial charge in [0.1, 0.15) is 23.1 Å². The number of benzene rings is 2. The summed E-state index contributed by atoms with van der Waals surface area (Å²) in [5.74, 6) is -2.01. The normalized spacial score (nSPS) is 15.9. The molecule has 3 rings (SSSR count). The van der Waals surface area contributed by atoms with Gasteiger partial charge in [-0.3, -0.25) is 4.79 Å². The van der Waals surface area contributed by atoms with Crippen molar-refractivity contribution in [1.29, 1.82) is 0 Å². The molecule has 8 heteroatoms. The van der Waals surface area contributed by atoms with E-state index in [1.165, 1.54) is 0 Å². The largest absolute Gasteiger partial charge is 0.497 e. The molecule has 0 unspecified atom stereocenters. The molecule has 2 aromatic carbocycles. The van der Waals surface area contributed by atoms with E-state index in [2.05, 4.69) is 0 Å². The molecule has 0 aliphatic carbocycles. The van der Waals surface area contributed by atoms with Gasteiger partial charge in [0.15, 0.2) is 6.61 Å². The minimum Gasteiger partial charge on any atom is -0.497 e. The highest BCUT2D eigenvalue weighted by Gasteiger charge is 2.32. The molecule has 1 aliphatic heterocycles. The van der Waals surface area contributed by atoms with Crippen LogP contribution in [0.2, 0.25) is 0 Å². The lowest BCUT2D eigenvalue weighted by atomic mass is 10.0. The molecule has 0 N–H and O–H groups in total. The van der Waals surface area contributed by atoms with Crippen LogP contribution in [-0.2, 0) is 9.53 Å². The van der Waals surface area contributed by atoms with Gasteiger partial charge in [0.25, 0.3) is 5.91 Å². The summed E-state index contributed by atoms with van der Waals surface area (Å²) in [5, 5.41) is 0. The van der Waals surface area contributed by atoms with E-state index < -0.39 is 35.7 Å². The van der Waals surface area contributed by atoms with E-state index in [9.17, 15) is 18.4 Å². The molecule has 1 saturated heterocycles. The monoisotopic (exact) mass is 405 g/mol. The van der Waals surface area contributed by atoms with Gasteiger partial charge in [-0.05, 0) is 43.2 Å². The predicted molar refractivity (Wildman–Crippen MR) is 99.9 cm³/mol. The number of esters is 1. The van der Waals surface area contributed by atoms with Crippen molar-refractivity contribution in [3.63, 3.8) is 0 Å². The average molecular weight is 405 g/mol. The standard InChI is InChI=1S/C21H21F2NO5/c1-27-14-6-8-19(28-2)16(11-14)18-4-3-9-24(18)20(25)12-29-21(26)15-7-5-13(22)10-17(15)23/h5-8,10-11,18H,3-4,9,12H2,1-2H3/t18-/m0/s1. The average Bonchev–Trinajstić information content (AvgIpc) is 3.21. The van der Waals surface area contributed by atoms with Crippen molar-refractivity contribution in [3.8, 4) is 11.5 Å². The number of hydrogen-bond donors (Lipinski definition) is 0. The molecule has 1 aliphatic rings. The van der Waals surface area contributed by atoms with Crippen LogP contribution < -0.4 is 9.47 Å². The number of carbonyl (C=O) groups excluding carboxylic acids is 2. The Labute approximate surface area is 167 Å². The first-order valence-electron chi connectivity index (χ1n) is 9.08. The number of nitrogens with zero attached hydrogens (tertiary/aromatic N) is 1. The summed E-state index contributed by atoms with van der Waals surface area (Å²) in [7, 11) is 3.10. The maximum absolute atomic E-state index is 13.7. The molecule has 0 radical (unpaired) electrons. The van der Waals surface area contributed by atoms with E-state index in [0.29, 0.717) is 24.1 Å². The van der Waals surface area contributed by atoms with Gasteiger partial charge in [0.05, 0.1) is 25.8 Å². The quantitative estimate of drug-likeness (QED) is 0.689. The van der Waals surface area contributed by atoms with E-state index in [-0.39, 0.29) is 6.04 Å². The van der Waals surface area contributed by atoms with Crippen molar-refractivity contribution in [3.05, 3.63) is 59.2 Å². The van der Waals surface area contributed by atoms with Gasteiger partial charge >= 0.3 is 5.97 Å². The smallest absolute Gasteiger partial charge is 0.341 e. The molecule has 0 bridgehead atoms. The second kappa shape index (κ2) is 8.89. The molecule has 0 spiro atoms. The zero-order chi connectivity index (χ0) is 21.0. The third-order valence-electron chi connectivity index (χ3n) is 4.85.